The van der Waals surface area contributed by atoms with Crippen LogP contribution < -0.4 is 15.4 Å². The van der Waals surface area contributed by atoms with E-state index in [1.807, 2.05) is 17.9 Å². The summed E-state index contributed by atoms with van der Waals surface area (Å²) in [5, 5.41) is 9.86. The zero-order valence-corrected chi connectivity index (χ0v) is 23.6. The van der Waals surface area contributed by atoms with Crippen LogP contribution >= 0.6 is 24.0 Å². The zero-order chi connectivity index (χ0) is 27.4. The predicted octanol–water partition coefficient (Wildman–Crippen LogP) is 4.91. The van der Waals surface area contributed by atoms with Gasteiger partial charge >= 0.3 is 0 Å². The number of piperazine rings is 1. The number of halogens is 1. The fourth-order valence-corrected chi connectivity index (χ4v) is 6.21. The first-order chi connectivity index (χ1) is 18.3. The van der Waals surface area contributed by atoms with Gasteiger partial charge < -0.3 is 9.80 Å². The standard InChI is InChI=1S/C28H32FN5O2S2/c1-4-6-12-34-27(36)24(38-28(34)37)17-20-19(3)21(18-30)26(35)33(11-5-2)25(20)32-15-13-31(14-16-32)23-10-8-7-9-22(23)29/h7-10,17H,4-6,11-16H2,1-3H3/b24-17-. The van der Waals surface area contributed by atoms with Gasteiger partial charge in [-0.05, 0) is 43.5 Å². The summed E-state index contributed by atoms with van der Waals surface area (Å²) in [6.07, 6.45) is 4.31. The van der Waals surface area contributed by atoms with Crippen LogP contribution in [0, 0.1) is 24.1 Å². The Morgan fingerprint density at radius 1 is 1.08 bits per heavy atom. The van der Waals surface area contributed by atoms with Crippen LogP contribution in [0.4, 0.5) is 15.9 Å². The average Bonchev–Trinajstić information content (AvgIpc) is 3.18. The lowest BCUT2D eigenvalue weighted by molar-refractivity contribution is -0.122. The van der Waals surface area contributed by atoms with Crippen molar-refractivity contribution < 1.29 is 9.18 Å². The van der Waals surface area contributed by atoms with Crippen molar-refractivity contribution in [2.24, 2.45) is 0 Å². The monoisotopic (exact) mass is 553 g/mol. The molecule has 10 heteroatoms. The van der Waals surface area contributed by atoms with E-state index < -0.39 is 0 Å². The third-order valence-electron chi connectivity index (χ3n) is 6.95. The number of aromatic nitrogens is 1. The number of benzene rings is 1. The van der Waals surface area contributed by atoms with Crippen LogP contribution in [0.5, 0.6) is 0 Å². The molecule has 4 rings (SSSR count). The molecule has 38 heavy (non-hydrogen) atoms. The lowest BCUT2D eigenvalue weighted by Gasteiger charge is -2.39. The summed E-state index contributed by atoms with van der Waals surface area (Å²) in [6, 6.07) is 8.82. The first-order valence-corrected chi connectivity index (χ1v) is 14.2. The molecule has 0 spiro atoms. The largest absolute Gasteiger partial charge is 0.366 e. The van der Waals surface area contributed by atoms with Gasteiger partial charge in [-0.1, -0.05) is 56.4 Å². The summed E-state index contributed by atoms with van der Waals surface area (Å²) in [6.45, 7) is 9.07. The van der Waals surface area contributed by atoms with E-state index in [1.165, 1.54) is 17.8 Å². The summed E-state index contributed by atoms with van der Waals surface area (Å²) in [5.41, 5.74) is 1.55. The van der Waals surface area contributed by atoms with Gasteiger partial charge in [0, 0.05) is 44.8 Å². The smallest absolute Gasteiger partial charge is 0.270 e. The Hall–Kier alpha value is -3.16. The van der Waals surface area contributed by atoms with Crippen molar-refractivity contribution in [1.82, 2.24) is 9.47 Å². The molecule has 2 aliphatic heterocycles. The Morgan fingerprint density at radius 3 is 2.39 bits per heavy atom. The molecule has 0 N–H and O–H groups in total. The zero-order valence-electron chi connectivity index (χ0n) is 22.0. The normalized spacial score (nSPS) is 17.0. The van der Waals surface area contributed by atoms with Gasteiger partial charge in [0.15, 0.2) is 0 Å². The maximum absolute atomic E-state index is 14.4. The molecule has 200 valence electrons. The first kappa shape index (κ1) is 27.9. The molecule has 1 aromatic heterocycles. The van der Waals surface area contributed by atoms with Crippen LogP contribution in [0.15, 0.2) is 34.0 Å². The van der Waals surface area contributed by atoms with Crippen LogP contribution in [0.25, 0.3) is 6.08 Å². The van der Waals surface area contributed by atoms with Crippen LogP contribution in [0.3, 0.4) is 0 Å². The molecule has 0 radical (unpaired) electrons. The number of thiocarbonyl (C=S) groups is 1. The molecule has 2 saturated heterocycles. The predicted molar refractivity (Wildman–Crippen MR) is 156 cm³/mol. The second-order valence-electron chi connectivity index (χ2n) is 9.42. The minimum absolute atomic E-state index is 0.0832. The lowest BCUT2D eigenvalue weighted by atomic mass is 10.0. The first-order valence-electron chi connectivity index (χ1n) is 13.0. The number of rotatable bonds is 8. The van der Waals surface area contributed by atoms with Crippen molar-refractivity contribution in [1.29, 1.82) is 5.26 Å². The van der Waals surface area contributed by atoms with Gasteiger partial charge in [-0.3, -0.25) is 19.1 Å². The molecule has 1 aromatic carbocycles. The molecule has 0 saturated carbocycles. The highest BCUT2D eigenvalue weighted by atomic mass is 32.2. The SMILES string of the molecule is CCCCN1C(=O)/C(=C/c2c(C)c(C#N)c(=O)n(CCC)c2N2CCN(c3ccccc3F)CC2)SC1=S. The molecule has 3 heterocycles. The number of unbranched alkanes of at least 4 members (excludes halogenated alkanes) is 1. The van der Waals surface area contributed by atoms with E-state index in [2.05, 4.69) is 17.9 Å². The van der Waals surface area contributed by atoms with Crippen molar-refractivity contribution in [3.63, 3.8) is 0 Å². The van der Waals surface area contributed by atoms with E-state index in [9.17, 15) is 19.2 Å². The number of pyridine rings is 1. The summed E-state index contributed by atoms with van der Waals surface area (Å²) in [4.78, 5) is 32.9. The highest BCUT2D eigenvalue weighted by Gasteiger charge is 2.33. The number of hydrogen-bond donors (Lipinski definition) is 0. The minimum atomic E-state index is -0.328. The average molecular weight is 554 g/mol. The van der Waals surface area contributed by atoms with E-state index in [4.69, 9.17) is 12.2 Å². The van der Waals surface area contributed by atoms with Crippen LogP contribution in [0.1, 0.15) is 49.8 Å². The van der Waals surface area contributed by atoms with E-state index in [0.29, 0.717) is 77.5 Å². The second kappa shape index (κ2) is 12.1. The number of amides is 1. The molecular formula is C28H32FN5O2S2. The highest BCUT2D eigenvalue weighted by Crippen LogP contribution is 2.36. The number of carbonyl (C=O) groups excluding carboxylic acids is 1. The summed E-state index contributed by atoms with van der Waals surface area (Å²) < 4.78 is 16.6. The van der Waals surface area contributed by atoms with Gasteiger partial charge in [0.2, 0.25) is 0 Å². The maximum atomic E-state index is 14.4. The topological polar surface area (TPSA) is 72.6 Å². The summed E-state index contributed by atoms with van der Waals surface area (Å²) in [7, 11) is 0. The number of hydrogen-bond acceptors (Lipinski definition) is 7. The number of carbonyl (C=O) groups is 1. The van der Waals surface area contributed by atoms with Crippen LogP contribution in [0.2, 0.25) is 0 Å². The summed E-state index contributed by atoms with van der Waals surface area (Å²) >= 11 is 6.75. The quantitative estimate of drug-likeness (QED) is 0.340. The molecule has 1 amide bonds. The number of thioether (sulfide) groups is 1. The van der Waals surface area contributed by atoms with Gasteiger partial charge in [0.25, 0.3) is 11.5 Å². The highest BCUT2D eigenvalue weighted by molar-refractivity contribution is 8.26. The van der Waals surface area contributed by atoms with Crippen LogP contribution in [-0.4, -0.2) is 52.4 Å². The Balaban J connectivity index is 1.78. The van der Waals surface area contributed by atoms with Crippen molar-refractivity contribution in [3.8, 4) is 6.07 Å². The van der Waals surface area contributed by atoms with Gasteiger partial charge in [0.1, 0.15) is 27.6 Å². The van der Waals surface area contributed by atoms with Crippen molar-refractivity contribution in [2.45, 2.75) is 46.6 Å². The molecule has 2 aromatic rings. The van der Waals surface area contributed by atoms with Crippen LogP contribution in [-0.2, 0) is 11.3 Å². The Labute approximate surface area is 232 Å². The van der Waals surface area contributed by atoms with Gasteiger partial charge in [-0.25, -0.2) is 4.39 Å². The molecule has 0 atom stereocenters. The van der Waals surface area contributed by atoms with Gasteiger partial charge in [-0.2, -0.15) is 5.26 Å². The minimum Gasteiger partial charge on any atom is -0.366 e. The molecule has 2 aliphatic rings. The van der Waals surface area contributed by atoms with Crippen molar-refractivity contribution in [2.75, 3.05) is 42.5 Å². The van der Waals surface area contributed by atoms with E-state index in [-0.39, 0.29) is 22.8 Å². The second-order valence-corrected chi connectivity index (χ2v) is 11.1. The summed E-state index contributed by atoms with van der Waals surface area (Å²) in [5.74, 6) is 0.291. The number of anilines is 2. The molecule has 7 nitrogen and oxygen atoms in total. The van der Waals surface area contributed by atoms with E-state index in [0.717, 1.165) is 12.8 Å². The molecule has 0 aliphatic carbocycles. The number of para-hydroxylation sites is 1. The molecule has 0 bridgehead atoms. The van der Waals surface area contributed by atoms with E-state index >= 15 is 0 Å². The molecule has 0 unspecified atom stereocenters. The van der Waals surface area contributed by atoms with Gasteiger partial charge in [-0.15, -0.1) is 0 Å². The fraction of sp³-hybridized carbons (Fsp3) is 0.429. The third-order valence-corrected chi connectivity index (χ3v) is 8.33. The maximum Gasteiger partial charge on any atom is 0.270 e. The third kappa shape index (κ3) is 5.36. The van der Waals surface area contributed by atoms with Crippen molar-refractivity contribution >= 4 is 51.8 Å². The number of nitriles is 1. The fourth-order valence-electron chi connectivity index (χ4n) is 4.92. The Bertz CT molecular complexity index is 1370. The van der Waals surface area contributed by atoms with Crippen molar-refractivity contribution in [3.05, 3.63) is 62.0 Å². The molecule has 2 fully saturated rings. The van der Waals surface area contributed by atoms with Gasteiger partial charge in [0.05, 0.1) is 10.6 Å². The Morgan fingerprint density at radius 2 is 1.76 bits per heavy atom. The molecular weight excluding hydrogens is 521 g/mol. The van der Waals surface area contributed by atoms with E-state index in [1.54, 1.807) is 34.6 Å². The Kier molecular flexibility index (Phi) is 8.90. The number of nitrogens with zero attached hydrogens (tertiary/aromatic N) is 5. The lowest BCUT2D eigenvalue weighted by Crippen LogP contribution is -2.49.